The molecular formula is C29H37N4O8P. The molecule has 13 heteroatoms. The third-order valence-electron chi connectivity index (χ3n) is 7.30. The minimum atomic E-state index is -4.14. The van der Waals surface area contributed by atoms with Crippen molar-refractivity contribution in [2.75, 3.05) is 6.61 Å². The van der Waals surface area contributed by atoms with Gasteiger partial charge in [0.15, 0.2) is 0 Å². The summed E-state index contributed by atoms with van der Waals surface area (Å²) in [4.78, 5) is 25.6. The summed E-state index contributed by atoms with van der Waals surface area (Å²) in [7, 11) is -2.16. The molecule has 226 valence electrons. The number of para-hydroxylation sites is 1. The highest BCUT2D eigenvalue weighted by Gasteiger charge is 2.41. The van der Waals surface area contributed by atoms with Gasteiger partial charge in [-0.05, 0) is 51.5 Å². The van der Waals surface area contributed by atoms with E-state index in [1.165, 1.54) is 24.1 Å². The summed E-state index contributed by atoms with van der Waals surface area (Å²) in [6.45, 7) is 6.81. The Hall–Kier alpha value is -3.41. The van der Waals surface area contributed by atoms with Gasteiger partial charge in [-0.2, -0.15) is 5.09 Å². The second kappa shape index (κ2) is 12.1. The van der Waals surface area contributed by atoms with Crippen LogP contribution in [0.4, 0.5) is 0 Å². The Morgan fingerprint density at radius 2 is 1.93 bits per heavy atom. The maximum absolute atomic E-state index is 14.2. The summed E-state index contributed by atoms with van der Waals surface area (Å²) >= 11 is 0. The number of rotatable bonds is 10. The first-order valence-corrected chi connectivity index (χ1v) is 15.5. The smallest absolute Gasteiger partial charge is 0.459 e. The Bertz CT molecular complexity index is 1560. The molecule has 6 atom stereocenters. The standard InChI is InChI=1S/C29H37N4O8P/c1-17(2)39-28(35)19(4)31-42(37,38-16-21-14-18(3)27(40-21)33-13-12-26(34)30-29(33)36)41-20-10-11-25-23(15-20)22-8-6-7-9-24(22)32(25)5/h6-13,15,17-19,21,27,29,36H,14,16H2,1-5H3,(H,30,34)(H,31,37). The molecule has 0 radical (unpaired) electrons. The van der Waals surface area contributed by atoms with Gasteiger partial charge in [0.1, 0.15) is 18.0 Å². The van der Waals surface area contributed by atoms with Gasteiger partial charge in [-0.3, -0.25) is 14.1 Å². The van der Waals surface area contributed by atoms with Gasteiger partial charge in [-0.25, -0.2) is 4.57 Å². The highest BCUT2D eigenvalue weighted by molar-refractivity contribution is 7.52. The first kappa shape index (κ1) is 30.1. The number of carbonyl (C=O) groups excluding carboxylic acids is 2. The number of hydrogen-bond donors (Lipinski definition) is 3. The zero-order valence-corrected chi connectivity index (χ0v) is 25.1. The maximum atomic E-state index is 14.2. The van der Waals surface area contributed by atoms with Gasteiger partial charge in [0, 0.05) is 47.0 Å². The summed E-state index contributed by atoms with van der Waals surface area (Å²) < 4.78 is 39.5. The number of aliphatic hydroxyl groups is 1. The van der Waals surface area contributed by atoms with Crippen molar-refractivity contribution >= 4 is 41.4 Å². The highest BCUT2D eigenvalue weighted by Crippen LogP contribution is 2.47. The lowest BCUT2D eigenvalue weighted by Gasteiger charge is -2.35. The molecule has 0 saturated carbocycles. The summed E-state index contributed by atoms with van der Waals surface area (Å²) in [6, 6.07) is 12.4. The number of benzene rings is 2. The molecule has 1 saturated heterocycles. The topological polar surface area (TPSA) is 141 Å². The van der Waals surface area contributed by atoms with Crippen molar-refractivity contribution < 1.29 is 37.8 Å². The molecule has 0 bridgehead atoms. The van der Waals surface area contributed by atoms with Crippen molar-refractivity contribution in [3.05, 3.63) is 54.7 Å². The molecule has 0 aliphatic carbocycles. The second-order valence-electron chi connectivity index (χ2n) is 11.0. The lowest BCUT2D eigenvalue weighted by molar-refractivity contribution is -0.149. The molecule has 42 heavy (non-hydrogen) atoms. The fourth-order valence-electron chi connectivity index (χ4n) is 5.34. The first-order chi connectivity index (χ1) is 19.9. The number of aliphatic hydroxyl groups excluding tert-OH is 1. The summed E-state index contributed by atoms with van der Waals surface area (Å²) in [5.74, 6) is -0.745. The predicted molar refractivity (Wildman–Crippen MR) is 156 cm³/mol. The fourth-order valence-corrected chi connectivity index (χ4v) is 6.85. The van der Waals surface area contributed by atoms with Crippen molar-refractivity contribution in [1.82, 2.24) is 19.9 Å². The minimum Gasteiger partial charge on any atom is -0.462 e. The number of amides is 1. The lowest BCUT2D eigenvalue weighted by Crippen LogP contribution is -2.53. The number of aryl methyl sites for hydroxylation is 1. The fraction of sp³-hybridized carbons (Fsp3) is 0.448. The van der Waals surface area contributed by atoms with Crippen LogP contribution in [-0.4, -0.2) is 63.9 Å². The van der Waals surface area contributed by atoms with E-state index in [0.29, 0.717) is 12.2 Å². The predicted octanol–water partition coefficient (Wildman–Crippen LogP) is 3.74. The average molecular weight is 601 g/mol. The van der Waals surface area contributed by atoms with Crippen molar-refractivity contribution in [2.24, 2.45) is 13.0 Å². The monoisotopic (exact) mass is 600 g/mol. The summed E-state index contributed by atoms with van der Waals surface area (Å²) in [5.41, 5.74) is 2.02. The molecule has 12 nitrogen and oxygen atoms in total. The van der Waals surface area contributed by atoms with E-state index in [4.69, 9.17) is 18.5 Å². The van der Waals surface area contributed by atoms with Crippen molar-refractivity contribution in [1.29, 1.82) is 0 Å². The minimum absolute atomic E-state index is 0.0464. The van der Waals surface area contributed by atoms with Gasteiger partial charge in [-0.15, -0.1) is 0 Å². The van der Waals surface area contributed by atoms with E-state index in [0.717, 1.165) is 21.8 Å². The van der Waals surface area contributed by atoms with Crippen LogP contribution in [0.1, 0.15) is 34.1 Å². The Labute approximate surface area is 244 Å². The summed E-state index contributed by atoms with van der Waals surface area (Å²) in [6.07, 6.45) is 0.682. The number of esters is 1. The zero-order chi connectivity index (χ0) is 30.2. The van der Waals surface area contributed by atoms with E-state index in [2.05, 4.69) is 15.0 Å². The van der Waals surface area contributed by atoms with Crippen LogP contribution in [0.3, 0.4) is 0 Å². The molecule has 2 aliphatic heterocycles. The van der Waals surface area contributed by atoms with E-state index in [9.17, 15) is 19.3 Å². The molecule has 1 aromatic heterocycles. The number of nitrogens with zero attached hydrogens (tertiary/aromatic N) is 2. The number of nitrogens with one attached hydrogen (secondary N) is 2. The molecule has 3 aromatic rings. The lowest BCUT2D eigenvalue weighted by atomic mass is 10.1. The first-order valence-electron chi connectivity index (χ1n) is 13.9. The van der Waals surface area contributed by atoms with Gasteiger partial charge in [0.05, 0.1) is 18.8 Å². The van der Waals surface area contributed by atoms with Crippen LogP contribution in [0.25, 0.3) is 21.8 Å². The number of aromatic nitrogens is 1. The van der Waals surface area contributed by atoms with Crippen LogP contribution in [0, 0.1) is 5.92 Å². The quantitative estimate of drug-likeness (QED) is 0.233. The van der Waals surface area contributed by atoms with Gasteiger partial charge >= 0.3 is 13.7 Å². The van der Waals surface area contributed by atoms with E-state index in [1.807, 2.05) is 44.3 Å². The largest absolute Gasteiger partial charge is 0.462 e. The number of ether oxygens (including phenoxy) is 2. The van der Waals surface area contributed by atoms with Gasteiger partial charge in [-0.1, -0.05) is 25.1 Å². The van der Waals surface area contributed by atoms with Crippen LogP contribution in [0.2, 0.25) is 0 Å². The van der Waals surface area contributed by atoms with Crippen molar-refractivity contribution in [3.63, 3.8) is 0 Å². The number of hydrogen-bond acceptors (Lipinski definition) is 9. The molecule has 1 fully saturated rings. The Morgan fingerprint density at radius 3 is 2.67 bits per heavy atom. The molecule has 2 aliphatic rings. The molecular weight excluding hydrogens is 563 g/mol. The number of carbonyl (C=O) groups is 2. The molecule has 0 spiro atoms. The SMILES string of the molecule is CC(C)OC(=O)C(C)NP(=O)(OCC1CC(C)C(N2C=CC(=O)NC2O)O1)Oc1ccc2c(c1)c1ccccc1n2C. The normalized spacial score (nSPS) is 24.6. The second-order valence-corrected chi connectivity index (χ2v) is 12.7. The van der Waals surface area contributed by atoms with Crippen LogP contribution in [0.15, 0.2) is 54.7 Å². The summed E-state index contributed by atoms with van der Waals surface area (Å²) in [5, 5.41) is 17.4. The van der Waals surface area contributed by atoms with E-state index < -0.39 is 44.3 Å². The molecule has 3 heterocycles. The molecule has 2 aromatic carbocycles. The Morgan fingerprint density at radius 1 is 1.19 bits per heavy atom. The Kier molecular flexibility index (Phi) is 8.63. The van der Waals surface area contributed by atoms with Crippen molar-refractivity contribution in [2.45, 2.75) is 64.9 Å². The van der Waals surface area contributed by atoms with Gasteiger partial charge in [0.2, 0.25) is 12.3 Å². The van der Waals surface area contributed by atoms with E-state index in [-0.39, 0.29) is 18.6 Å². The van der Waals surface area contributed by atoms with Crippen LogP contribution in [0.5, 0.6) is 5.75 Å². The Balaban J connectivity index is 1.36. The highest BCUT2D eigenvalue weighted by atomic mass is 31.2. The van der Waals surface area contributed by atoms with E-state index in [1.54, 1.807) is 26.0 Å². The third kappa shape index (κ3) is 6.33. The van der Waals surface area contributed by atoms with Crippen LogP contribution < -0.4 is 14.9 Å². The maximum Gasteiger partial charge on any atom is 0.459 e. The van der Waals surface area contributed by atoms with Crippen LogP contribution in [-0.2, 0) is 35.2 Å². The van der Waals surface area contributed by atoms with E-state index >= 15 is 0 Å². The molecule has 1 amide bonds. The van der Waals surface area contributed by atoms with Gasteiger partial charge in [0.25, 0.3) is 0 Å². The third-order valence-corrected chi connectivity index (χ3v) is 8.94. The van der Waals surface area contributed by atoms with Crippen LogP contribution >= 0.6 is 7.75 Å². The molecule has 6 unspecified atom stereocenters. The number of fused-ring (bicyclic) bond motifs is 3. The molecule has 5 rings (SSSR count). The van der Waals surface area contributed by atoms with Crippen molar-refractivity contribution in [3.8, 4) is 5.75 Å². The van der Waals surface area contributed by atoms with Gasteiger partial charge < -0.3 is 33.9 Å². The molecule has 3 N–H and O–H groups in total. The average Bonchev–Trinajstić information content (AvgIpc) is 3.44. The zero-order valence-electron chi connectivity index (χ0n) is 24.2.